The van der Waals surface area contributed by atoms with E-state index in [1.807, 2.05) is 30.3 Å². The van der Waals surface area contributed by atoms with E-state index < -0.39 is 0 Å². The average Bonchev–Trinajstić information content (AvgIpc) is 3.74. The van der Waals surface area contributed by atoms with Crippen molar-refractivity contribution in [2.24, 2.45) is 11.8 Å². The van der Waals surface area contributed by atoms with Gasteiger partial charge in [0.15, 0.2) is 0 Å². The predicted octanol–water partition coefficient (Wildman–Crippen LogP) is 5.47. The Labute approximate surface area is 319 Å². The lowest BCUT2D eigenvalue weighted by atomic mass is 9.84. The van der Waals surface area contributed by atoms with Crippen molar-refractivity contribution < 1.29 is 14.4 Å². The standard InChI is InChI=1S/C26H37N3O2.C18H31N3O/c30-25(18-20-6-2-1-3-7-20)28-16-10-22(11-17-28)27-14-12-23(13-15-27)29-24-9-5-4-8-21(24)19-26(29)31;22-18-13-14-3-1-2-4-17(14)21(18)16-7-11-20(12-8-16)15-5-9-19-10-6-15/h1-3,6-7,21-24H,4-5,8-19H2;14-17,19H,1-13H2/t21-,24+;14-,17+/m00/s1. The van der Waals surface area contributed by atoms with E-state index in [-0.39, 0.29) is 5.91 Å². The summed E-state index contributed by atoms with van der Waals surface area (Å²) in [4.78, 5) is 50.0. The molecule has 9 heteroatoms. The molecule has 3 amide bonds. The zero-order valence-electron chi connectivity index (χ0n) is 32.6. The summed E-state index contributed by atoms with van der Waals surface area (Å²) in [5.74, 6) is 2.48. The smallest absolute Gasteiger partial charge is 0.226 e. The van der Waals surface area contributed by atoms with Crippen molar-refractivity contribution in [3.05, 3.63) is 35.9 Å². The van der Waals surface area contributed by atoms with Gasteiger partial charge in [0.1, 0.15) is 0 Å². The van der Waals surface area contributed by atoms with Gasteiger partial charge in [-0.3, -0.25) is 14.4 Å². The van der Waals surface area contributed by atoms with Gasteiger partial charge in [0, 0.05) is 88.4 Å². The number of amides is 3. The minimum atomic E-state index is 0.262. The first kappa shape index (κ1) is 37.4. The second-order valence-corrected chi connectivity index (χ2v) is 18.0. The molecule has 0 bridgehead atoms. The summed E-state index contributed by atoms with van der Waals surface area (Å²) in [6, 6.07) is 13.6. The fourth-order valence-electron chi connectivity index (χ4n) is 12.2. The molecule has 8 aliphatic rings. The normalized spacial score (nSPS) is 31.7. The Morgan fingerprint density at radius 2 is 1.00 bits per heavy atom. The summed E-state index contributed by atoms with van der Waals surface area (Å²) in [5, 5.41) is 3.46. The van der Waals surface area contributed by atoms with E-state index in [2.05, 4.69) is 29.8 Å². The molecular weight excluding hydrogens is 661 g/mol. The van der Waals surface area contributed by atoms with Crippen LogP contribution >= 0.6 is 0 Å². The fourth-order valence-corrected chi connectivity index (χ4v) is 12.2. The van der Waals surface area contributed by atoms with Crippen LogP contribution in [-0.4, -0.2) is 131 Å². The maximum absolute atomic E-state index is 12.7. The second-order valence-electron chi connectivity index (χ2n) is 18.0. The zero-order chi connectivity index (χ0) is 36.1. The Morgan fingerprint density at radius 3 is 1.51 bits per heavy atom. The maximum Gasteiger partial charge on any atom is 0.226 e. The van der Waals surface area contributed by atoms with Gasteiger partial charge in [0.05, 0.1) is 6.42 Å². The Bertz CT molecular complexity index is 1360. The van der Waals surface area contributed by atoms with Crippen molar-refractivity contribution in [3.63, 3.8) is 0 Å². The molecular formula is C44H68N6O3. The van der Waals surface area contributed by atoms with E-state index in [4.69, 9.17) is 0 Å². The molecule has 2 saturated carbocycles. The van der Waals surface area contributed by atoms with Crippen LogP contribution in [0.3, 0.4) is 0 Å². The molecule has 8 fully saturated rings. The number of nitrogens with zero attached hydrogens (tertiary/aromatic N) is 5. The van der Waals surface area contributed by atoms with E-state index in [0.717, 1.165) is 76.3 Å². The average molecular weight is 729 g/mol. The number of carbonyl (C=O) groups is 3. The van der Waals surface area contributed by atoms with E-state index in [1.54, 1.807) is 0 Å². The highest BCUT2D eigenvalue weighted by Gasteiger charge is 2.46. The first-order valence-corrected chi connectivity index (χ1v) is 22.1. The fraction of sp³-hybridized carbons (Fsp3) is 0.795. The number of hydrogen-bond acceptors (Lipinski definition) is 6. The van der Waals surface area contributed by atoms with Crippen LogP contribution in [0.2, 0.25) is 0 Å². The van der Waals surface area contributed by atoms with Crippen LogP contribution in [0, 0.1) is 11.8 Å². The highest BCUT2D eigenvalue weighted by Crippen LogP contribution is 2.41. The largest absolute Gasteiger partial charge is 0.342 e. The number of carbonyl (C=O) groups excluding carboxylic acids is 3. The van der Waals surface area contributed by atoms with Gasteiger partial charge in [-0.2, -0.15) is 0 Å². The number of fused-ring (bicyclic) bond motifs is 2. The molecule has 6 aliphatic heterocycles. The van der Waals surface area contributed by atoms with Gasteiger partial charge in [-0.1, -0.05) is 56.0 Å². The third-order valence-electron chi connectivity index (χ3n) is 15.0. The van der Waals surface area contributed by atoms with Gasteiger partial charge < -0.3 is 29.8 Å². The molecule has 1 aromatic rings. The van der Waals surface area contributed by atoms with Crippen molar-refractivity contribution in [2.75, 3.05) is 52.4 Å². The highest BCUT2D eigenvalue weighted by molar-refractivity contribution is 5.80. The van der Waals surface area contributed by atoms with Crippen molar-refractivity contribution in [3.8, 4) is 0 Å². The molecule has 4 atom stereocenters. The Hall–Kier alpha value is -2.49. The van der Waals surface area contributed by atoms with Crippen LogP contribution in [0.4, 0.5) is 0 Å². The van der Waals surface area contributed by atoms with Crippen molar-refractivity contribution in [1.82, 2.24) is 29.8 Å². The molecule has 0 aromatic heterocycles. The quantitative estimate of drug-likeness (QED) is 0.419. The number of piperidine rings is 4. The van der Waals surface area contributed by atoms with Crippen LogP contribution in [0.25, 0.3) is 0 Å². The Morgan fingerprint density at radius 1 is 0.547 bits per heavy atom. The molecule has 53 heavy (non-hydrogen) atoms. The van der Waals surface area contributed by atoms with Gasteiger partial charge in [0.2, 0.25) is 17.7 Å². The topological polar surface area (TPSA) is 79.4 Å². The SMILES string of the molecule is O=C(Cc1ccccc1)N1CCC(N2CCC(N3C(=O)C[C@@H]4CCCC[C@H]43)CC2)CC1.O=C1C[C@@H]2CCCC[C@H]2N1C1CCN(C2CCNCC2)CC1. The third-order valence-corrected chi connectivity index (χ3v) is 15.0. The summed E-state index contributed by atoms with van der Waals surface area (Å²) < 4.78 is 0. The minimum Gasteiger partial charge on any atom is -0.342 e. The summed E-state index contributed by atoms with van der Waals surface area (Å²) in [6.45, 7) is 8.74. The van der Waals surface area contributed by atoms with Gasteiger partial charge in [-0.25, -0.2) is 0 Å². The second kappa shape index (κ2) is 17.5. The summed E-state index contributed by atoms with van der Waals surface area (Å²) in [6.07, 6.45) is 21.9. The van der Waals surface area contributed by atoms with Crippen molar-refractivity contribution >= 4 is 17.7 Å². The summed E-state index contributed by atoms with van der Waals surface area (Å²) >= 11 is 0. The number of hydrogen-bond donors (Lipinski definition) is 1. The molecule has 6 saturated heterocycles. The first-order chi connectivity index (χ1) is 26.0. The number of benzene rings is 1. The van der Waals surface area contributed by atoms with Gasteiger partial charge in [-0.05, 0) is 108 Å². The highest BCUT2D eigenvalue weighted by atomic mass is 16.2. The molecule has 9 rings (SSSR count). The lowest BCUT2D eigenvalue weighted by Gasteiger charge is -2.45. The van der Waals surface area contributed by atoms with Crippen LogP contribution in [0.15, 0.2) is 30.3 Å². The first-order valence-electron chi connectivity index (χ1n) is 22.1. The molecule has 1 aromatic carbocycles. The minimum absolute atomic E-state index is 0.262. The molecule has 1 N–H and O–H groups in total. The van der Waals surface area contributed by atoms with E-state index in [0.29, 0.717) is 60.3 Å². The zero-order valence-corrected chi connectivity index (χ0v) is 32.6. The molecule has 0 radical (unpaired) electrons. The summed E-state index contributed by atoms with van der Waals surface area (Å²) in [7, 11) is 0. The van der Waals surface area contributed by atoms with E-state index in [9.17, 15) is 14.4 Å². The van der Waals surface area contributed by atoms with Gasteiger partial charge in [-0.15, -0.1) is 0 Å². The van der Waals surface area contributed by atoms with Crippen molar-refractivity contribution in [2.45, 2.75) is 158 Å². The Balaban J connectivity index is 0.000000160. The van der Waals surface area contributed by atoms with Gasteiger partial charge >= 0.3 is 0 Å². The summed E-state index contributed by atoms with van der Waals surface area (Å²) in [5.41, 5.74) is 1.10. The molecule has 0 unspecified atom stereocenters. The van der Waals surface area contributed by atoms with Crippen LogP contribution in [0.5, 0.6) is 0 Å². The van der Waals surface area contributed by atoms with Crippen LogP contribution in [0.1, 0.15) is 121 Å². The third kappa shape index (κ3) is 8.67. The number of likely N-dealkylation sites (tertiary alicyclic amines) is 5. The van der Waals surface area contributed by atoms with Crippen LogP contribution < -0.4 is 5.32 Å². The van der Waals surface area contributed by atoms with Gasteiger partial charge in [0.25, 0.3) is 0 Å². The van der Waals surface area contributed by atoms with Crippen molar-refractivity contribution in [1.29, 1.82) is 0 Å². The predicted molar refractivity (Wildman–Crippen MR) is 209 cm³/mol. The lowest BCUT2D eigenvalue weighted by molar-refractivity contribution is -0.133. The number of rotatable bonds is 6. The molecule has 292 valence electrons. The van der Waals surface area contributed by atoms with E-state index >= 15 is 0 Å². The molecule has 2 aliphatic carbocycles. The molecule has 9 nitrogen and oxygen atoms in total. The number of nitrogens with one attached hydrogen (secondary N) is 1. The van der Waals surface area contributed by atoms with E-state index in [1.165, 1.54) is 103 Å². The monoisotopic (exact) mass is 729 g/mol. The lowest BCUT2D eigenvalue weighted by Crippen LogP contribution is -2.53. The van der Waals surface area contributed by atoms with Crippen LogP contribution in [-0.2, 0) is 20.8 Å². The maximum atomic E-state index is 12.7. The molecule has 0 spiro atoms. The Kier molecular flexibility index (Phi) is 12.4. The molecule has 6 heterocycles.